The van der Waals surface area contributed by atoms with Crippen LogP contribution in [0.15, 0.2) is 16.9 Å². The molecule has 21 heavy (non-hydrogen) atoms. The summed E-state index contributed by atoms with van der Waals surface area (Å²) < 4.78 is 63.0. The Morgan fingerprint density at radius 1 is 1.38 bits per heavy atom. The summed E-state index contributed by atoms with van der Waals surface area (Å²) in [6.07, 6.45) is 0.190. The van der Waals surface area contributed by atoms with Crippen molar-refractivity contribution in [3.63, 3.8) is 0 Å². The van der Waals surface area contributed by atoms with Crippen LogP contribution in [-0.2, 0) is 21.3 Å². The van der Waals surface area contributed by atoms with Crippen molar-refractivity contribution in [1.82, 2.24) is 4.57 Å². The van der Waals surface area contributed by atoms with Gasteiger partial charge in [-0.25, -0.2) is 4.79 Å². The predicted molar refractivity (Wildman–Crippen MR) is 61.3 cm³/mol. The number of hydrogen-bond donors (Lipinski definition) is 1. The minimum Gasteiger partial charge on any atom is -0.480 e. The van der Waals surface area contributed by atoms with Gasteiger partial charge in [-0.1, -0.05) is 0 Å². The van der Waals surface area contributed by atoms with E-state index in [1.165, 1.54) is 0 Å². The fourth-order valence-corrected chi connectivity index (χ4v) is 2.47. The van der Waals surface area contributed by atoms with Crippen LogP contribution in [0.1, 0.15) is 18.2 Å². The second-order valence-electron chi connectivity index (χ2n) is 4.27. The number of carbonyl (C=O) groups is 1. The summed E-state index contributed by atoms with van der Waals surface area (Å²) in [6, 6.07) is 0.294. The van der Waals surface area contributed by atoms with Crippen LogP contribution in [0.4, 0.5) is 13.2 Å². The van der Waals surface area contributed by atoms with Gasteiger partial charge in [0, 0.05) is 17.8 Å². The average Bonchev–Trinajstić information content (AvgIpc) is 2.70. The fourth-order valence-electron chi connectivity index (χ4n) is 2.02. The first kappa shape index (κ1) is 15.4. The lowest BCUT2D eigenvalue weighted by molar-refractivity contribution is -0.140. The molecule has 7 nitrogen and oxygen atoms in total. The van der Waals surface area contributed by atoms with E-state index < -0.39 is 38.9 Å². The van der Waals surface area contributed by atoms with Crippen LogP contribution in [0.25, 0.3) is 0 Å². The molecule has 0 aromatic carbocycles. The molecular weight excluding hydrogens is 319 g/mol. The Bertz CT molecular complexity index is 751. The van der Waals surface area contributed by atoms with Crippen LogP contribution in [0, 0.1) is 0 Å². The van der Waals surface area contributed by atoms with Crippen molar-refractivity contribution in [3.8, 4) is 5.75 Å². The zero-order valence-corrected chi connectivity index (χ0v) is 10.9. The van der Waals surface area contributed by atoms with E-state index in [2.05, 4.69) is 4.18 Å². The SMILES string of the molecule is O=C(O)C1CCc2cc(OS(=O)(=O)C(F)(F)F)cc(=O)n21. The van der Waals surface area contributed by atoms with E-state index in [0.29, 0.717) is 6.07 Å². The Balaban J connectivity index is 2.42. The molecule has 0 amide bonds. The normalized spacial score (nSPS) is 18.3. The Morgan fingerprint density at radius 3 is 2.52 bits per heavy atom. The highest BCUT2D eigenvalue weighted by molar-refractivity contribution is 7.87. The second kappa shape index (κ2) is 4.76. The molecule has 2 rings (SSSR count). The molecule has 1 aliphatic rings. The Labute approximate surface area is 115 Å². The van der Waals surface area contributed by atoms with Gasteiger partial charge in [0.2, 0.25) is 0 Å². The van der Waals surface area contributed by atoms with Crippen LogP contribution in [0.5, 0.6) is 5.75 Å². The molecule has 11 heteroatoms. The molecule has 1 aromatic rings. The molecule has 1 atom stereocenters. The van der Waals surface area contributed by atoms with Crippen LogP contribution < -0.4 is 9.74 Å². The smallest absolute Gasteiger partial charge is 0.480 e. The summed E-state index contributed by atoms with van der Waals surface area (Å²) in [4.78, 5) is 22.7. The van der Waals surface area contributed by atoms with Gasteiger partial charge < -0.3 is 9.29 Å². The van der Waals surface area contributed by atoms with Crippen molar-refractivity contribution in [3.05, 3.63) is 28.2 Å². The van der Waals surface area contributed by atoms with E-state index in [-0.39, 0.29) is 18.5 Å². The van der Waals surface area contributed by atoms with Crippen LogP contribution >= 0.6 is 0 Å². The largest absolute Gasteiger partial charge is 0.534 e. The molecule has 0 spiro atoms. The molecular formula is C10H8F3NO6S. The summed E-state index contributed by atoms with van der Waals surface area (Å²) in [7, 11) is -5.88. The lowest BCUT2D eigenvalue weighted by atomic mass is 10.2. The van der Waals surface area contributed by atoms with Crippen LogP contribution in [-0.4, -0.2) is 29.6 Å². The van der Waals surface area contributed by atoms with Crippen molar-refractivity contribution in [2.75, 3.05) is 0 Å². The Kier molecular flexibility index (Phi) is 3.48. The minimum absolute atomic E-state index is 0.0834. The molecule has 0 saturated heterocycles. The van der Waals surface area contributed by atoms with Crippen molar-refractivity contribution < 1.29 is 35.7 Å². The van der Waals surface area contributed by atoms with E-state index in [9.17, 15) is 31.2 Å². The first-order chi connectivity index (χ1) is 9.53. The van der Waals surface area contributed by atoms with E-state index in [0.717, 1.165) is 10.6 Å². The van der Waals surface area contributed by atoms with Crippen molar-refractivity contribution in [1.29, 1.82) is 0 Å². The molecule has 1 aromatic heterocycles. The lowest BCUT2D eigenvalue weighted by Crippen LogP contribution is -2.30. The number of alkyl halides is 3. The summed E-state index contributed by atoms with van der Waals surface area (Å²) >= 11 is 0. The maximum atomic E-state index is 12.2. The van der Waals surface area contributed by atoms with Crippen LogP contribution in [0.2, 0.25) is 0 Å². The predicted octanol–water partition coefficient (Wildman–Crippen LogP) is 0.649. The first-order valence-electron chi connectivity index (χ1n) is 5.52. The molecule has 0 fully saturated rings. The number of carboxylic acids is 1. The highest BCUT2D eigenvalue weighted by Gasteiger charge is 2.48. The molecule has 116 valence electrons. The Morgan fingerprint density at radius 2 is 2.00 bits per heavy atom. The zero-order valence-electron chi connectivity index (χ0n) is 10.1. The zero-order chi connectivity index (χ0) is 16.0. The molecule has 0 radical (unpaired) electrons. The number of carboxylic acid groups (broad SMARTS) is 1. The number of halogens is 3. The summed E-state index contributed by atoms with van der Waals surface area (Å²) in [5.74, 6) is -2.05. The van der Waals surface area contributed by atoms with Crippen molar-refractivity contribution in [2.45, 2.75) is 24.4 Å². The number of hydrogen-bond acceptors (Lipinski definition) is 5. The molecule has 2 heterocycles. The van der Waals surface area contributed by atoms with E-state index in [4.69, 9.17) is 5.11 Å². The van der Waals surface area contributed by atoms with E-state index in [1.807, 2.05) is 0 Å². The van der Waals surface area contributed by atoms with E-state index >= 15 is 0 Å². The number of aromatic nitrogens is 1. The maximum Gasteiger partial charge on any atom is 0.534 e. The molecule has 0 saturated carbocycles. The third-order valence-corrected chi connectivity index (χ3v) is 3.86. The topological polar surface area (TPSA) is 103 Å². The van der Waals surface area contributed by atoms with Gasteiger partial charge in [-0.15, -0.1) is 0 Å². The lowest BCUT2D eigenvalue weighted by Gasteiger charge is -2.12. The number of rotatable bonds is 3. The van der Waals surface area contributed by atoms with Gasteiger partial charge in [0.1, 0.15) is 11.8 Å². The average molecular weight is 327 g/mol. The molecule has 1 unspecified atom stereocenters. The van der Waals surface area contributed by atoms with Gasteiger partial charge in [-0.05, 0) is 12.8 Å². The number of nitrogens with zero attached hydrogens (tertiary/aromatic N) is 1. The second-order valence-corrected chi connectivity index (χ2v) is 5.80. The number of pyridine rings is 1. The van der Waals surface area contributed by atoms with Gasteiger partial charge in [-0.2, -0.15) is 21.6 Å². The monoisotopic (exact) mass is 327 g/mol. The Hall–Kier alpha value is -2.04. The standard InChI is InChI=1S/C10H8F3NO6S/c11-10(12,13)21(18,19)20-6-3-5-1-2-7(9(16)17)14(5)8(15)4-6/h3-4,7H,1-2H2,(H,16,17). The van der Waals surface area contributed by atoms with Gasteiger partial charge >= 0.3 is 21.6 Å². The third-order valence-electron chi connectivity index (χ3n) is 2.88. The van der Waals surface area contributed by atoms with Crippen molar-refractivity contribution >= 4 is 16.1 Å². The van der Waals surface area contributed by atoms with Gasteiger partial charge in [0.15, 0.2) is 0 Å². The molecule has 0 aliphatic carbocycles. The van der Waals surface area contributed by atoms with Crippen LogP contribution in [0.3, 0.4) is 0 Å². The maximum absolute atomic E-state index is 12.2. The van der Waals surface area contributed by atoms with E-state index in [1.54, 1.807) is 0 Å². The van der Waals surface area contributed by atoms with Gasteiger partial charge in [0.25, 0.3) is 5.56 Å². The molecule has 1 N–H and O–H groups in total. The molecule has 1 aliphatic heterocycles. The highest BCUT2D eigenvalue weighted by Crippen LogP contribution is 2.29. The molecule has 0 bridgehead atoms. The quantitative estimate of drug-likeness (QED) is 0.646. The van der Waals surface area contributed by atoms with Gasteiger partial charge in [0.05, 0.1) is 0 Å². The minimum atomic E-state index is -5.88. The summed E-state index contributed by atoms with van der Waals surface area (Å²) in [6.45, 7) is 0. The third kappa shape index (κ3) is 2.73. The number of fused-ring (bicyclic) bond motifs is 1. The number of aliphatic carboxylic acids is 1. The first-order valence-corrected chi connectivity index (χ1v) is 6.93. The highest BCUT2D eigenvalue weighted by atomic mass is 32.2. The van der Waals surface area contributed by atoms with Gasteiger partial charge in [-0.3, -0.25) is 9.36 Å². The number of aryl methyl sites for hydroxylation is 1. The summed E-state index contributed by atoms with van der Waals surface area (Å²) in [5, 5.41) is 8.91. The van der Waals surface area contributed by atoms with Crippen molar-refractivity contribution in [2.24, 2.45) is 0 Å². The fraction of sp³-hybridized carbons (Fsp3) is 0.400. The summed E-state index contributed by atoms with van der Waals surface area (Å²) in [5.41, 5.74) is -6.46.